The van der Waals surface area contributed by atoms with E-state index in [2.05, 4.69) is 10.4 Å². The molecule has 0 N–H and O–H groups in total. The van der Waals surface area contributed by atoms with E-state index in [9.17, 15) is 14.4 Å². The summed E-state index contributed by atoms with van der Waals surface area (Å²) in [5.74, 6) is 0.0110. The Bertz CT molecular complexity index is 882. The van der Waals surface area contributed by atoms with Gasteiger partial charge in [0.05, 0.1) is 12.2 Å². The first kappa shape index (κ1) is 19.1. The molecule has 1 saturated heterocycles. The van der Waals surface area contributed by atoms with Crippen LogP contribution in [-0.4, -0.2) is 93.2 Å². The number of piperazine rings is 1. The summed E-state index contributed by atoms with van der Waals surface area (Å²) in [5, 5.41) is 8.00. The van der Waals surface area contributed by atoms with Gasteiger partial charge < -0.3 is 9.80 Å². The average Bonchev–Trinajstić information content (AvgIpc) is 3.03. The summed E-state index contributed by atoms with van der Waals surface area (Å²) < 4.78 is 1.79. The minimum absolute atomic E-state index is 0.0110. The highest BCUT2D eigenvalue weighted by atomic mass is 35.5. The highest BCUT2D eigenvalue weighted by Gasteiger charge is 2.26. The summed E-state index contributed by atoms with van der Waals surface area (Å²) in [6.07, 6.45) is 0. The molecule has 0 bridgehead atoms. The van der Waals surface area contributed by atoms with Crippen molar-refractivity contribution >= 4 is 23.5 Å². The number of likely N-dealkylation sites (N-methyl/N-ethyl adjacent to an activating group) is 1. The van der Waals surface area contributed by atoms with Crippen LogP contribution >= 0.6 is 11.6 Å². The van der Waals surface area contributed by atoms with E-state index in [4.69, 9.17) is 11.6 Å². The molecule has 10 nitrogen and oxygen atoms in total. The summed E-state index contributed by atoms with van der Waals surface area (Å²) in [6, 6.07) is 5.96. The molecule has 11 heteroatoms. The van der Waals surface area contributed by atoms with Crippen molar-refractivity contribution in [1.29, 1.82) is 0 Å². The second kappa shape index (κ2) is 7.89. The Morgan fingerprint density at radius 1 is 1.07 bits per heavy atom. The Kier molecular flexibility index (Phi) is 5.57. The number of rotatable bonds is 3. The topological polar surface area (TPSA) is 96.6 Å². The van der Waals surface area contributed by atoms with Crippen LogP contribution < -0.4 is 5.69 Å². The molecule has 3 rings (SSSR count). The third-order valence-electron chi connectivity index (χ3n) is 4.33. The van der Waals surface area contributed by atoms with Crippen LogP contribution in [0.3, 0.4) is 0 Å². The first-order valence-corrected chi connectivity index (χ1v) is 8.77. The quantitative estimate of drug-likeness (QED) is 0.667. The zero-order valence-corrected chi connectivity index (χ0v) is 15.8. The Labute approximate surface area is 160 Å². The zero-order valence-electron chi connectivity index (χ0n) is 15.1. The van der Waals surface area contributed by atoms with Gasteiger partial charge in [0.15, 0.2) is 0 Å². The second-order valence-electron chi connectivity index (χ2n) is 6.40. The summed E-state index contributed by atoms with van der Waals surface area (Å²) in [6.45, 7) is 2.21. The van der Waals surface area contributed by atoms with Gasteiger partial charge in [0, 0.05) is 45.3 Å². The molecule has 2 amide bonds. The Balaban J connectivity index is 1.66. The van der Waals surface area contributed by atoms with Gasteiger partial charge in [0.2, 0.25) is 5.91 Å². The molecule has 0 atom stereocenters. The number of hydrogen-bond acceptors (Lipinski definition) is 6. The van der Waals surface area contributed by atoms with E-state index in [1.807, 2.05) is 4.90 Å². The number of benzene rings is 1. The van der Waals surface area contributed by atoms with E-state index in [0.29, 0.717) is 43.4 Å². The summed E-state index contributed by atoms with van der Waals surface area (Å²) >= 11 is 5.84. The lowest BCUT2D eigenvalue weighted by Gasteiger charge is -2.34. The van der Waals surface area contributed by atoms with E-state index in [1.165, 1.54) is 9.80 Å². The average molecular weight is 394 g/mol. The normalized spacial score (nSPS) is 15.0. The minimum atomic E-state index is -0.646. The molecule has 0 saturated carbocycles. The van der Waals surface area contributed by atoms with Crippen molar-refractivity contribution in [3.05, 3.63) is 39.8 Å². The fourth-order valence-electron chi connectivity index (χ4n) is 2.67. The second-order valence-corrected chi connectivity index (χ2v) is 6.83. The number of tetrazole rings is 1. The van der Waals surface area contributed by atoms with Crippen molar-refractivity contribution in [3.63, 3.8) is 0 Å². The van der Waals surface area contributed by atoms with Crippen molar-refractivity contribution in [3.8, 4) is 5.69 Å². The lowest BCUT2D eigenvalue weighted by molar-refractivity contribution is -0.130. The van der Waals surface area contributed by atoms with Crippen molar-refractivity contribution in [2.75, 3.05) is 46.8 Å². The van der Waals surface area contributed by atoms with Crippen LogP contribution in [0.25, 0.3) is 5.69 Å². The number of aromatic nitrogens is 4. The molecule has 27 heavy (non-hydrogen) atoms. The lowest BCUT2D eigenvalue weighted by atomic mass is 10.3. The monoisotopic (exact) mass is 393 g/mol. The fourth-order valence-corrected chi connectivity index (χ4v) is 2.80. The van der Waals surface area contributed by atoms with Crippen LogP contribution in [0.1, 0.15) is 0 Å². The van der Waals surface area contributed by atoms with E-state index in [0.717, 1.165) is 9.36 Å². The molecule has 1 fully saturated rings. The first-order valence-electron chi connectivity index (χ1n) is 8.39. The molecule has 0 aliphatic carbocycles. The molecule has 144 valence electrons. The summed E-state index contributed by atoms with van der Waals surface area (Å²) in [4.78, 5) is 41.9. The van der Waals surface area contributed by atoms with Crippen LogP contribution in [0, 0.1) is 0 Å². The van der Waals surface area contributed by atoms with Crippen molar-refractivity contribution in [2.24, 2.45) is 0 Å². The largest absolute Gasteiger partial charge is 0.377 e. The van der Waals surface area contributed by atoms with Crippen LogP contribution in [0.2, 0.25) is 5.02 Å². The molecule has 0 radical (unpaired) electrons. The van der Waals surface area contributed by atoms with Gasteiger partial charge in [-0.25, -0.2) is 9.59 Å². The number of hydrogen-bond donors (Lipinski definition) is 0. The van der Waals surface area contributed by atoms with Gasteiger partial charge in [0.25, 0.3) is 0 Å². The molecule has 1 aromatic carbocycles. The molecule has 0 unspecified atom stereocenters. The van der Waals surface area contributed by atoms with Crippen LogP contribution in [-0.2, 0) is 4.79 Å². The fraction of sp³-hybridized carbons (Fsp3) is 0.438. The maximum atomic E-state index is 12.6. The first-order chi connectivity index (χ1) is 12.9. The Morgan fingerprint density at radius 3 is 2.30 bits per heavy atom. The maximum Gasteiger partial charge on any atom is 0.377 e. The summed E-state index contributed by atoms with van der Waals surface area (Å²) in [5.41, 5.74) is -0.178. The number of amides is 2. The minimum Gasteiger partial charge on any atom is -0.348 e. The van der Waals surface area contributed by atoms with E-state index >= 15 is 0 Å². The highest BCUT2D eigenvalue weighted by molar-refractivity contribution is 6.30. The smallest absolute Gasteiger partial charge is 0.348 e. The number of carbonyl (C=O) groups excluding carboxylic acids is 2. The molecule has 1 aliphatic heterocycles. The number of nitrogens with zero attached hydrogens (tertiary/aromatic N) is 7. The molecule has 2 heterocycles. The van der Waals surface area contributed by atoms with E-state index < -0.39 is 11.7 Å². The number of halogens is 1. The van der Waals surface area contributed by atoms with Crippen LogP contribution in [0.5, 0.6) is 0 Å². The molecule has 0 spiro atoms. The molecular weight excluding hydrogens is 374 g/mol. The third kappa shape index (κ3) is 4.17. The highest BCUT2D eigenvalue weighted by Crippen LogP contribution is 2.11. The predicted molar refractivity (Wildman–Crippen MR) is 98.1 cm³/mol. The molecular formula is C16H20ClN7O3. The van der Waals surface area contributed by atoms with Crippen LogP contribution in [0.4, 0.5) is 4.79 Å². The molecule has 1 aliphatic rings. The van der Waals surface area contributed by atoms with Gasteiger partial charge in [-0.15, -0.1) is 4.68 Å². The lowest BCUT2D eigenvalue weighted by Crippen LogP contribution is -2.53. The van der Waals surface area contributed by atoms with Gasteiger partial charge >= 0.3 is 11.7 Å². The van der Waals surface area contributed by atoms with Gasteiger partial charge in [-0.05, 0) is 34.7 Å². The zero-order chi connectivity index (χ0) is 19.6. The van der Waals surface area contributed by atoms with E-state index in [1.54, 1.807) is 38.4 Å². The predicted octanol–water partition coefficient (Wildman–Crippen LogP) is -0.244. The van der Waals surface area contributed by atoms with Gasteiger partial charge in [-0.1, -0.05) is 11.6 Å². The van der Waals surface area contributed by atoms with Gasteiger partial charge in [-0.3, -0.25) is 9.69 Å². The maximum absolute atomic E-state index is 12.6. The van der Waals surface area contributed by atoms with Crippen LogP contribution in [0.15, 0.2) is 29.1 Å². The molecule has 1 aromatic heterocycles. The van der Waals surface area contributed by atoms with Crippen molar-refractivity contribution < 1.29 is 9.59 Å². The standard InChI is InChI=1S/C16H20ClN7O3/c1-20(2)14(25)11-21-7-9-22(10-8-21)15(26)24-16(27)23(18-19-24)13-5-3-12(17)4-6-13/h3-6H,7-11H2,1-2H3. The Hall–Kier alpha value is -2.72. The molecule has 2 aromatic rings. The van der Waals surface area contributed by atoms with Gasteiger partial charge in [0.1, 0.15) is 0 Å². The van der Waals surface area contributed by atoms with Crippen molar-refractivity contribution in [1.82, 2.24) is 34.5 Å². The Morgan fingerprint density at radius 2 is 1.70 bits per heavy atom. The van der Waals surface area contributed by atoms with Gasteiger partial charge in [-0.2, -0.15) is 4.68 Å². The third-order valence-corrected chi connectivity index (χ3v) is 4.59. The van der Waals surface area contributed by atoms with Crippen molar-refractivity contribution in [2.45, 2.75) is 0 Å². The SMILES string of the molecule is CN(C)C(=O)CN1CCN(C(=O)n2nnn(-c3ccc(Cl)cc3)c2=O)CC1. The summed E-state index contributed by atoms with van der Waals surface area (Å²) in [7, 11) is 3.41. The van der Waals surface area contributed by atoms with E-state index in [-0.39, 0.29) is 5.91 Å². The number of carbonyl (C=O) groups is 2.